The van der Waals surface area contributed by atoms with E-state index < -0.39 is 0 Å². The fourth-order valence-corrected chi connectivity index (χ4v) is 4.61. The number of hydrogen-bond donors (Lipinski definition) is 0. The second-order valence-corrected chi connectivity index (χ2v) is 9.33. The van der Waals surface area contributed by atoms with Crippen LogP contribution in [0, 0.1) is 5.92 Å². The van der Waals surface area contributed by atoms with Crippen molar-refractivity contribution in [3.05, 3.63) is 69.8 Å². The third kappa shape index (κ3) is 4.56. The summed E-state index contributed by atoms with van der Waals surface area (Å²) in [6, 6.07) is 16.9. The van der Waals surface area contributed by atoms with Gasteiger partial charge in [0, 0.05) is 42.0 Å². The van der Waals surface area contributed by atoms with Crippen molar-refractivity contribution < 1.29 is 0 Å². The summed E-state index contributed by atoms with van der Waals surface area (Å²) in [5.41, 5.74) is 3.23. The van der Waals surface area contributed by atoms with Gasteiger partial charge < -0.3 is 9.80 Å². The van der Waals surface area contributed by atoms with E-state index in [1.165, 1.54) is 11.4 Å². The average molecular weight is 484 g/mol. The lowest BCUT2D eigenvalue weighted by Crippen LogP contribution is -2.46. The van der Waals surface area contributed by atoms with Crippen molar-refractivity contribution in [2.75, 3.05) is 36.0 Å². The van der Waals surface area contributed by atoms with Gasteiger partial charge >= 0.3 is 5.69 Å². The molecule has 2 heterocycles. The maximum atomic E-state index is 12.9. The first kappa shape index (κ1) is 21.7. The highest BCUT2D eigenvalue weighted by Gasteiger charge is 2.20. The van der Waals surface area contributed by atoms with E-state index in [4.69, 9.17) is 0 Å². The Morgan fingerprint density at radius 3 is 1.84 bits per heavy atom. The molecule has 0 bridgehead atoms. The Morgan fingerprint density at radius 2 is 1.35 bits per heavy atom. The number of halogens is 1. The first-order valence-electron chi connectivity index (χ1n) is 11.0. The zero-order valence-corrected chi connectivity index (χ0v) is 20.0. The quantitative estimate of drug-likeness (QED) is 0.508. The van der Waals surface area contributed by atoms with E-state index in [1.54, 1.807) is 15.6 Å². The van der Waals surface area contributed by atoms with Gasteiger partial charge in [-0.3, -0.25) is 0 Å². The predicted molar refractivity (Wildman–Crippen MR) is 131 cm³/mol. The number of rotatable bonds is 6. The summed E-state index contributed by atoms with van der Waals surface area (Å²) < 4.78 is 4.37. The minimum absolute atomic E-state index is 0.0728. The molecule has 2 aromatic carbocycles. The number of benzene rings is 2. The van der Waals surface area contributed by atoms with Crippen molar-refractivity contribution in [1.82, 2.24) is 14.3 Å². The topological polar surface area (TPSA) is 46.3 Å². The number of nitrogens with zero attached hydrogens (tertiary/aromatic N) is 5. The van der Waals surface area contributed by atoms with Crippen molar-refractivity contribution in [3.8, 4) is 5.69 Å². The second kappa shape index (κ2) is 9.30. The number of anilines is 2. The third-order valence-electron chi connectivity index (χ3n) is 6.16. The molecule has 1 aromatic heterocycles. The molecule has 3 aromatic rings. The molecule has 0 spiro atoms. The van der Waals surface area contributed by atoms with Crippen LogP contribution in [0.15, 0.2) is 64.1 Å². The van der Waals surface area contributed by atoms with Crippen molar-refractivity contribution in [2.45, 2.75) is 33.2 Å². The summed E-state index contributed by atoms with van der Waals surface area (Å²) in [5, 5.41) is 4.39. The van der Waals surface area contributed by atoms with Gasteiger partial charge in [0.05, 0.1) is 11.7 Å². The Kier molecular flexibility index (Phi) is 6.51. The first-order chi connectivity index (χ1) is 15.0. The van der Waals surface area contributed by atoms with Gasteiger partial charge in [-0.15, -0.1) is 0 Å². The molecule has 7 heteroatoms. The van der Waals surface area contributed by atoms with E-state index in [0.717, 1.165) is 42.8 Å². The summed E-state index contributed by atoms with van der Waals surface area (Å²) in [7, 11) is 0. The van der Waals surface area contributed by atoms with Gasteiger partial charge in [-0.05, 0) is 60.9 Å². The summed E-state index contributed by atoms with van der Waals surface area (Å²) in [4.78, 5) is 17.7. The molecule has 1 fully saturated rings. The predicted octanol–water partition coefficient (Wildman–Crippen LogP) is 4.73. The van der Waals surface area contributed by atoms with Gasteiger partial charge in [-0.2, -0.15) is 5.10 Å². The average Bonchev–Trinajstić information content (AvgIpc) is 3.16. The molecule has 1 saturated heterocycles. The largest absolute Gasteiger partial charge is 0.368 e. The molecule has 6 nitrogen and oxygen atoms in total. The fraction of sp³-hybridized carbons (Fsp3) is 0.417. The highest BCUT2D eigenvalue weighted by molar-refractivity contribution is 9.10. The normalized spacial score (nSPS) is 15.5. The van der Waals surface area contributed by atoms with Gasteiger partial charge in [0.15, 0.2) is 0 Å². The minimum Gasteiger partial charge on any atom is -0.368 e. The van der Waals surface area contributed by atoms with Crippen molar-refractivity contribution >= 4 is 27.3 Å². The van der Waals surface area contributed by atoms with E-state index >= 15 is 0 Å². The molecule has 31 heavy (non-hydrogen) atoms. The standard InChI is InChI=1S/C24H30BrN5O/c1-4-23(18(2)3)30-24(31)29(17-26-30)22-11-9-21(10-12-22)28-15-13-27(14-16-28)20-7-5-19(25)6-8-20/h5-12,17-18,23H,4,13-16H2,1-3H3/t23-/m0/s1. The molecule has 0 amide bonds. The zero-order valence-electron chi connectivity index (χ0n) is 18.4. The smallest absolute Gasteiger partial charge is 0.350 e. The zero-order chi connectivity index (χ0) is 22.0. The summed E-state index contributed by atoms with van der Waals surface area (Å²) >= 11 is 3.50. The molecular weight excluding hydrogens is 454 g/mol. The molecule has 4 rings (SSSR count). The highest BCUT2D eigenvalue weighted by atomic mass is 79.9. The van der Waals surface area contributed by atoms with Crippen LogP contribution in [0.3, 0.4) is 0 Å². The van der Waals surface area contributed by atoms with E-state index in [9.17, 15) is 4.79 Å². The van der Waals surface area contributed by atoms with Crippen LogP contribution in [0.5, 0.6) is 0 Å². The maximum Gasteiger partial charge on any atom is 0.350 e. The van der Waals surface area contributed by atoms with Crippen molar-refractivity contribution in [1.29, 1.82) is 0 Å². The minimum atomic E-state index is -0.0728. The van der Waals surface area contributed by atoms with Crippen LogP contribution in [0.1, 0.15) is 33.2 Å². The molecule has 0 saturated carbocycles. The van der Waals surface area contributed by atoms with E-state index in [1.807, 2.05) is 12.1 Å². The van der Waals surface area contributed by atoms with Gasteiger partial charge in [0.2, 0.25) is 0 Å². The van der Waals surface area contributed by atoms with Gasteiger partial charge in [-0.25, -0.2) is 14.0 Å². The lowest BCUT2D eigenvalue weighted by molar-refractivity contribution is 0.327. The Hall–Kier alpha value is -2.54. The van der Waals surface area contributed by atoms with Crippen molar-refractivity contribution in [2.24, 2.45) is 5.92 Å². The summed E-state index contributed by atoms with van der Waals surface area (Å²) in [6.07, 6.45) is 2.53. The second-order valence-electron chi connectivity index (χ2n) is 8.41. The Bertz CT molecular complexity index is 1050. The molecule has 0 aliphatic carbocycles. The molecule has 0 radical (unpaired) electrons. The van der Waals surface area contributed by atoms with E-state index in [-0.39, 0.29) is 11.7 Å². The third-order valence-corrected chi connectivity index (χ3v) is 6.69. The van der Waals surface area contributed by atoms with Gasteiger partial charge in [0.25, 0.3) is 0 Å². The van der Waals surface area contributed by atoms with Gasteiger partial charge in [0.1, 0.15) is 6.33 Å². The number of piperazine rings is 1. The Balaban J connectivity index is 1.44. The first-order valence-corrected chi connectivity index (χ1v) is 11.8. The molecular formula is C24H30BrN5O. The molecule has 164 valence electrons. The van der Waals surface area contributed by atoms with Crippen LogP contribution in [-0.4, -0.2) is 40.5 Å². The van der Waals surface area contributed by atoms with Crippen LogP contribution in [0.2, 0.25) is 0 Å². The summed E-state index contributed by atoms with van der Waals surface area (Å²) in [6.45, 7) is 10.3. The Morgan fingerprint density at radius 1 is 0.871 bits per heavy atom. The van der Waals surface area contributed by atoms with Crippen molar-refractivity contribution in [3.63, 3.8) is 0 Å². The van der Waals surface area contributed by atoms with E-state index in [0.29, 0.717) is 5.92 Å². The number of hydrogen-bond acceptors (Lipinski definition) is 4. The van der Waals surface area contributed by atoms with Crippen LogP contribution in [-0.2, 0) is 0 Å². The van der Waals surface area contributed by atoms with Crippen LogP contribution >= 0.6 is 15.9 Å². The van der Waals surface area contributed by atoms with E-state index in [2.05, 4.69) is 88.0 Å². The molecule has 1 aliphatic rings. The molecule has 1 aliphatic heterocycles. The fourth-order valence-electron chi connectivity index (χ4n) is 4.35. The lowest BCUT2D eigenvalue weighted by Gasteiger charge is -2.37. The monoisotopic (exact) mass is 483 g/mol. The SMILES string of the molecule is CC[C@@H](C(C)C)n1ncn(-c2ccc(N3CCN(c4ccc(Br)cc4)CC3)cc2)c1=O. The van der Waals surface area contributed by atoms with Crippen LogP contribution < -0.4 is 15.5 Å². The molecule has 1 atom stereocenters. The highest BCUT2D eigenvalue weighted by Crippen LogP contribution is 2.23. The van der Waals surface area contributed by atoms with Crippen LogP contribution in [0.25, 0.3) is 5.69 Å². The Labute approximate surface area is 192 Å². The number of aromatic nitrogens is 3. The molecule has 0 unspecified atom stereocenters. The van der Waals surface area contributed by atoms with Crippen LogP contribution in [0.4, 0.5) is 11.4 Å². The van der Waals surface area contributed by atoms with Gasteiger partial charge in [-0.1, -0.05) is 36.7 Å². The lowest BCUT2D eigenvalue weighted by atomic mass is 10.0. The maximum absolute atomic E-state index is 12.9. The molecule has 0 N–H and O–H groups in total. The summed E-state index contributed by atoms with van der Waals surface area (Å²) in [5.74, 6) is 0.365.